The predicted molar refractivity (Wildman–Crippen MR) is 72.6 cm³/mol. The summed E-state index contributed by atoms with van der Waals surface area (Å²) < 4.78 is 18.8. The molecule has 2 nitrogen and oxygen atoms in total. The summed E-state index contributed by atoms with van der Waals surface area (Å²) in [5.74, 6) is 0.460. The van der Waals surface area contributed by atoms with Crippen LogP contribution in [-0.4, -0.2) is 5.11 Å². The van der Waals surface area contributed by atoms with Gasteiger partial charge in [0.2, 0.25) is 0 Å². The summed E-state index contributed by atoms with van der Waals surface area (Å²) in [6.07, 6.45) is 0. The second-order valence-electron chi connectivity index (χ2n) is 4.58. The lowest BCUT2D eigenvalue weighted by atomic mass is 10.1. The molecule has 0 atom stereocenters. The van der Waals surface area contributed by atoms with E-state index in [2.05, 4.69) is 0 Å². The van der Waals surface area contributed by atoms with Crippen molar-refractivity contribution in [1.82, 2.24) is 0 Å². The maximum absolute atomic E-state index is 13.0. The van der Waals surface area contributed by atoms with Crippen LogP contribution in [0.4, 0.5) is 4.39 Å². The van der Waals surface area contributed by atoms with Crippen LogP contribution in [0, 0.1) is 19.7 Å². The van der Waals surface area contributed by atoms with E-state index in [0.717, 1.165) is 22.3 Å². The molecule has 2 rings (SSSR count). The monoisotopic (exact) mass is 260 g/mol. The number of aliphatic hydroxyl groups excluding tert-OH is 1. The SMILES string of the molecule is Cc1cc(F)ccc1COc1c(C)cccc1CO. The van der Waals surface area contributed by atoms with Crippen LogP contribution >= 0.6 is 0 Å². The van der Waals surface area contributed by atoms with Crippen LogP contribution < -0.4 is 4.74 Å². The minimum absolute atomic E-state index is 0.0561. The third-order valence-electron chi connectivity index (χ3n) is 3.14. The topological polar surface area (TPSA) is 29.5 Å². The van der Waals surface area contributed by atoms with E-state index in [1.165, 1.54) is 12.1 Å². The molecule has 0 spiro atoms. The molecule has 0 aliphatic rings. The average Bonchev–Trinajstić information content (AvgIpc) is 2.39. The van der Waals surface area contributed by atoms with Gasteiger partial charge in [-0.05, 0) is 42.7 Å². The average molecular weight is 260 g/mol. The first-order valence-electron chi connectivity index (χ1n) is 6.19. The highest BCUT2D eigenvalue weighted by atomic mass is 19.1. The van der Waals surface area contributed by atoms with Gasteiger partial charge in [0.15, 0.2) is 0 Å². The van der Waals surface area contributed by atoms with Gasteiger partial charge >= 0.3 is 0 Å². The Labute approximate surface area is 112 Å². The van der Waals surface area contributed by atoms with E-state index in [1.807, 2.05) is 32.0 Å². The molecule has 2 aromatic carbocycles. The summed E-state index contributed by atoms with van der Waals surface area (Å²) in [5, 5.41) is 9.30. The van der Waals surface area contributed by atoms with Gasteiger partial charge in [0.25, 0.3) is 0 Å². The fourth-order valence-corrected chi connectivity index (χ4v) is 2.02. The third kappa shape index (κ3) is 3.12. The highest BCUT2D eigenvalue weighted by Gasteiger charge is 2.07. The Morgan fingerprint density at radius 3 is 2.53 bits per heavy atom. The molecule has 0 bridgehead atoms. The number of aliphatic hydroxyl groups is 1. The smallest absolute Gasteiger partial charge is 0.128 e. The zero-order valence-corrected chi connectivity index (χ0v) is 11.1. The molecule has 0 aromatic heterocycles. The molecular formula is C16H17FO2. The molecular weight excluding hydrogens is 243 g/mol. The van der Waals surface area contributed by atoms with Gasteiger partial charge in [-0.2, -0.15) is 0 Å². The first kappa shape index (κ1) is 13.6. The molecule has 0 fully saturated rings. The Bertz CT molecular complexity index is 579. The number of rotatable bonds is 4. The second kappa shape index (κ2) is 5.85. The lowest BCUT2D eigenvalue weighted by molar-refractivity contribution is 0.258. The fourth-order valence-electron chi connectivity index (χ4n) is 2.02. The maximum Gasteiger partial charge on any atom is 0.128 e. The maximum atomic E-state index is 13.0. The molecule has 0 heterocycles. The van der Waals surface area contributed by atoms with Crippen molar-refractivity contribution < 1.29 is 14.2 Å². The Morgan fingerprint density at radius 1 is 1.05 bits per heavy atom. The molecule has 0 saturated carbocycles. The lowest BCUT2D eigenvalue weighted by Gasteiger charge is -2.14. The van der Waals surface area contributed by atoms with Crippen LogP contribution in [0.1, 0.15) is 22.3 Å². The van der Waals surface area contributed by atoms with E-state index in [4.69, 9.17) is 4.74 Å². The highest BCUT2D eigenvalue weighted by Crippen LogP contribution is 2.25. The zero-order chi connectivity index (χ0) is 13.8. The Hall–Kier alpha value is -1.87. The molecule has 0 amide bonds. The van der Waals surface area contributed by atoms with Crippen LogP contribution in [0.25, 0.3) is 0 Å². The molecule has 1 N–H and O–H groups in total. The van der Waals surface area contributed by atoms with Crippen molar-refractivity contribution in [3.63, 3.8) is 0 Å². The number of aryl methyl sites for hydroxylation is 2. The molecule has 0 aliphatic carbocycles. The summed E-state index contributed by atoms with van der Waals surface area (Å²) in [6, 6.07) is 10.3. The van der Waals surface area contributed by atoms with Gasteiger partial charge in [-0.25, -0.2) is 4.39 Å². The molecule has 0 unspecified atom stereocenters. The molecule has 2 aromatic rings. The number of ether oxygens (including phenoxy) is 1. The summed E-state index contributed by atoms with van der Waals surface area (Å²) in [7, 11) is 0. The standard InChI is InChI=1S/C16H17FO2/c1-11-4-3-5-13(9-18)16(11)19-10-14-6-7-15(17)8-12(14)2/h3-8,18H,9-10H2,1-2H3. The quantitative estimate of drug-likeness (QED) is 0.911. The molecule has 0 radical (unpaired) electrons. The van der Waals surface area contributed by atoms with Crippen molar-refractivity contribution in [1.29, 1.82) is 0 Å². The normalized spacial score (nSPS) is 10.5. The summed E-state index contributed by atoms with van der Waals surface area (Å²) >= 11 is 0. The Morgan fingerprint density at radius 2 is 1.84 bits per heavy atom. The van der Waals surface area contributed by atoms with Crippen LogP contribution in [0.2, 0.25) is 0 Å². The molecule has 0 saturated heterocycles. The number of hydrogen-bond acceptors (Lipinski definition) is 2. The summed E-state index contributed by atoms with van der Waals surface area (Å²) in [5.41, 5.74) is 3.54. The Kier molecular flexibility index (Phi) is 4.17. The van der Waals surface area contributed by atoms with E-state index < -0.39 is 0 Å². The number of para-hydroxylation sites is 1. The first-order chi connectivity index (χ1) is 9.11. The van der Waals surface area contributed by atoms with Gasteiger partial charge in [0.05, 0.1) is 6.61 Å². The van der Waals surface area contributed by atoms with Crippen LogP contribution in [0.3, 0.4) is 0 Å². The van der Waals surface area contributed by atoms with Crippen molar-refractivity contribution in [3.8, 4) is 5.75 Å². The van der Waals surface area contributed by atoms with Crippen molar-refractivity contribution >= 4 is 0 Å². The predicted octanol–water partition coefficient (Wildman–Crippen LogP) is 3.51. The number of hydrogen-bond donors (Lipinski definition) is 1. The molecule has 3 heteroatoms. The van der Waals surface area contributed by atoms with Crippen molar-refractivity contribution in [2.75, 3.05) is 0 Å². The molecule has 0 aliphatic heterocycles. The van der Waals surface area contributed by atoms with Crippen LogP contribution in [-0.2, 0) is 13.2 Å². The highest BCUT2D eigenvalue weighted by molar-refractivity contribution is 5.40. The van der Waals surface area contributed by atoms with Crippen molar-refractivity contribution in [3.05, 3.63) is 64.5 Å². The minimum Gasteiger partial charge on any atom is -0.488 e. The molecule has 100 valence electrons. The van der Waals surface area contributed by atoms with E-state index in [9.17, 15) is 9.50 Å². The van der Waals surface area contributed by atoms with Crippen molar-refractivity contribution in [2.24, 2.45) is 0 Å². The Balaban J connectivity index is 2.19. The van der Waals surface area contributed by atoms with E-state index in [1.54, 1.807) is 6.07 Å². The van der Waals surface area contributed by atoms with Gasteiger partial charge in [0, 0.05) is 5.56 Å². The zero-order valence-electron chi connectivity index (χ0n) is 11.1. The molecule has 19 heavy (non-hydrogen) atoms. The van der Waals surface area contributed by atoms with E-state index in [0.29, 0.717) is 12.4 Å². The number of benzene rings is 2. The largest absolute Gasteiger partial charge is 0.488 e. The van der Waals surface area contributed by atoms with Gasteiger partial charge < -0.3 is 9.84 Å². The van der Waals surface area contributed by atoms with Crippen LogP contribution in [0.15, 0.2) is 36.4 Å². The summed E-state index contributed by atoms with van der Waals surface area (Å²) in [6.45, 7) is 4.10. The second-order valence-corrected chi connectivity index (χ2v) is 4.58. The van der Waals surface area contributed by atoms with E-state index >= 15 is 0 Å². The van der Waals surface area contributed by atoms with Crippen LogP contribution in [0.5, 0.6) is 5.75 Å². The minimum atomic E-state index is -0.242. The fraction of sp³-hybridized carbons (Fsp3) is 0.250. The lowest BCUT2D eigenvalue weighted by Crippen LogP contribution is -2.02. The number of halogens is 1. The van der Waals surface area contributed by atoms with Gasteiger partial charge in [-0.1, -0.05) is 24.3 Å². The summed E-state index contributed by atoms with van der Waals surface area (Å²) in [4.78, 5) is 0. The van der Waals surface area contributed by atoms with Gasteiger partial charge in [-0.3, -0.25) is 0 Å². The first-order valence-corrected chi connectivity index (χ1v) is 6.19. The van der Waals surface area contributed by atoms with Gasteiger partial charge in [0.1, 0.15) is 18.2 Å². The van der Waals surface area contributed by atoms with Crippen molar-refractivity contribution in [2.45, 2.75) is 27.1 Å². The van der Waals surface area contributed by atoms with E-state index in [-0.39, 0.29) is 12.4 Å². The third-order valence-corrected chi connectivity index (χ3v) is 3.14. The van der Waals surface area contributed by atoms with Gasteiger partial charge in [-0.15, -0.1) is 0 Å².